The summed E-state index contributed by atoms with van der Waals surface area (Å²) in [4.78, 5) is 4.03. The molecule has 0 spiro atoms. The summed E-state index contributed by atoms with van der Waals surface area (Å²) in [6.07, 6.45) is 6.66. The Kier molecular flexibility index (Phi) is 5.07. The van der Waals surface area contributed by atoms with Gasteiger partial charge >= 0.3 is 0 Å². The van der Waals surface area contributed by atoms with E-state index in [1.165, 1.54) is 16.7 Å². The van der Waals surface area contributed by atoms with Crippen molar-refractivity contribution in [2.75, 3.05) is 0 Å². The topological polar surface area (TPSA) is 50.9 Å². The van der Waals surface area contributed by atoms with Gasteiger partial charge in [-0.15, -0.1) is 0 Å². The third kappa shape index (κ3) is 4.16. The molecule has 100 valence electrons. The van der Waals surface area contributed by atoms with Crippen molar-refractivity contribution in [1.29, 1.82) is 0 Å². The lowest BCUT2D eigenvalue weighted by molar-refractivity contribution is 0.491. The molecule has 0 aliphatic carbocycles. The van der Waals surface area contributed by atoms with Crippen LogP contribution < -0.4 is 11.3 Å². The van der Waals surface area contributed by atoms with E-state index in [2.05, 4.69) is 41.6 Å². The van der Waals surface area contributed by atoms with Crippen molar-refractivity contribution in [3.63, 3.8) is 0 Å². The molecule has 1 unspecified atom stereocenters. The maximum Gasteiger partial charge on any atom is 0.0270 e. The average molecular weight is 255 g/mol. The zero-order chi connectivity index (χ0) is 13.5. The Morgan fingerprint density at radius 3 is 2.58 bits per heavy atom. The smallest absolute Gasteiger partial charge is 0.0270 e. The molecule has 3 N–H and O–H groups in total. The third-order valence-electron chi connectivity index (χ3n) is 3.49. The quantitative estimate of drug-likeness (QED) is 0.615. The fourth-order valence-corrected chi connectivity index (χ4v) is 2.27. The maximum atomic E-state index is 5.66. The predicted octanol–water partition coefficient (Wildman–Crippen LogP) is 2.40. The number of aromatic nitrogens is 1. The van der Waals surface area contributed by atoms with Crippen LogP contribution in [-0.2, 0) is 12.8 Å². The SMILES string of the molecule is Cc1ccccc1CCC(Cc1ccncc1)NN. The highest BCUT2D eigenvalue weighted by Gasteiger charge is 2.08. The Balaban J connectivity index is 1.91. The molecule has 0 saturated carbocycles. The molecular formula is C16H21N3. The van der Waals surface area contributed by atoms with Gasteiger partial charge in [-0.05, 0) is 55.0 Å². The first kappa shape index (κ1) is 13.7. The van der Waals surface area contributed by atoms with Crippen molar-refractivity contribution in [2.24, 2.45) is 5.84 Å². The highest BCUT2D eigenvalue weighted by molar-refractivity contribution is 5.25. The Labute approximate surface area is 114 Å². The number of benzene rings is 1. The first-order valence-corrected chi connectivity index (χ1v) is 6.69. The van der Waals surface area contributed by atoms with Gasteiger partial charge < -0.3 is 0 Å². The second-order valence-electron chi connectivity index (χ2n) is 4.89. The van der Waals surface area contributed by atoms with Gasteiger partial charge in [0.1, 0.15) is 0 Å². The molecule has 0 aliphatic rings. The van der Waals surface area contributed by atoms with Gasteiger partial charge in [-0.2, -0.15) is 0 Å². The molecule has 1 aromatic carbocycles. The minimum atomic E-state index is 0.294. The highest BCUT2D eigenvalue weighted by Crippen LogP contribution is 2.12. The number of aryl methyl sites for hydroxylation is 2. The van der Waals surface area contributed by atoms with E-state index >= 15 is 0 Å². The van der Waals surface area contributed by atoms with Crippen LogP contribution in [0.4, 0.5) is 0 Å². The summed E-state index contributed by atoms with van der Waals surface area (Å²) in [5.74, 6) is 5.66. The van der Waals surface area contributed by atoms with Gasteiger partial charge in [0.15, 0.2) is 0 Å². The summed E-state index contributed by atoms with van der Waals surface area (Å²) in [7, 11) is 0. The summed E-state index contributed by atoms with van der Waals surface area (Å²) < 4.78 is 0. The summed E-state index contributed by atoms with van der Waals surface area (Å²) in [5, 5.41) is 0. The zero-order valence-corrected chi connectivity index (χ0v) is 11.3. The fraction of sp³-hybridized carbons (Fsp3) is 0.312. The standard InChI is InChI=1S/C16H21N3/c1-13-4-2-3-5-15(13)6-7-16(19-17)12-14-8-10-18-11-9-14/h2-5,8-11,16,19H,6-7,12,17H2,1H3. The molecular weight excluding hydrogens is 234 g/mol. The van der Waals surface area contributed by atoms with Crippen LogP contribution in [0.5, 0.6) is 0 Å². The Bertz CT molecular complexity index is 496. The molecule has 2 rings (SSSR count). The van der Waals surface area contributed by atoms with Gasteiger partial charge in [0.2, 0.25) is 0 Å². The van der Waals surface area contributed by atoms with Crippen LogP contribution >= 0.6 is 0 Å². The van der Waals surface area contributed by atoms with E-state index in [-0.39, 0.29) is 0 Å². The van der Waals surface area contributed by atoms with Gasteiger partial charge in [0.25, 0.3) is 0 Å². The molecule has 1 heterocycles. The monoisotopic (exact) mass is 255 g/mol. The number of hydrazine groups is 1. The van der Waals surface area contributed by atoms with Gasteiger partial charge in [-0.3, -0.25) is 16.3 Å². The molecule has 1 atom stereocenters. The fourth-order valence-electron chi connectivity index (χ4n) is 2.27. The molecule has 0 amide bonds. The first-order chi connectivity index (χ1) is 9.29. The lowest BCUT2D eigenvalue weighted by atomic mass is 9.98. The van der Waals surface area contributed by atoms with Gasteiger partial charge in [0, 0.05) is 18.4 Å². The van der Waals surface area contributed by atoms with Crippen molar-refractivity contribution >= 4 is 0 Å². The van der Waals surface area contributed by atoms with Crippen LogP contribution in [0.2, 0.25) is 0 Å². The average Bonchev–Trinajstić information content (AvgIpc) is 2.46. The van der Waals surface area contributed by atoms with Crippen molar-refractivity contribution in [3.8, 4) is 0 Å². The van der Waals surface area contributed by atoms with Gasteiger partial charge in [-0.25, -0.2) is 0 Å². The van der Waals surface area contributed by atoms with Crippen LogP contribution in [0.15, 0.2) is 48.8 Å². The lowest BCUT2D eigenvalue weighted by Gasteiger charge is -2.16. The molecule has 19 heavy (non-hydrogen) atoms. The second-order valence-corrected chi connectivity index (χ2v) is 4.89. The second kappa shape index (κ2) is 7.02. The lowest BCUT2D eigenvalue weighted by Crippen LogP contribution is -2.37. The van der Waals surface area contributed by atoms with Crippen molar-refractivity contribution in [1.82, 2.24) is 10.4 Å². The van der Waals surface area contributed by atoms with Crippen LogP contribution in [0, 0.1) is 6.92 Å². The number of nitrogens with two attached hydrogens (primary N) is 1. The van der Waals surface area contributed by atoms with Crippen molar-refractivity contribution in [2.45, 2.75) is 32.2 Å². The van der Waals surface area contributed by atoms with E-state index in [4.69, 9.17) is 5.84 Å². The maximum absolute atomic E-state index is 5.66. The van der Waals surface area contributed by atoms with Crippen LogP contribution in [0.25, 0.3) is 0 Å². The first-order valence-electron chi connectivity index (χ1n) is 6.69. The Morgan fingerprint density at radius 1 is 1.16 bits per heavy atom. The molecule has 1 aromatic heterocycles. The molecule has 3 nitrogen and oxygen atoms in total. The van der Waals surface area contributed by atoms with E-state index in [1.807, 2.05) is 24.5 Å². The van der Waals surface area contributed by atoms with Crippen LogP contribution in [0.1, 0.15) is 23.1 Å². The minimum Gasteiger partial charge on any atom is -0.271 e. The summed E-state index contributed by atoms with van der Waals surface area (Å²) >= 11 is 0. The number of pyridine rings is 1. The van der Waals surface area contributed by atoms with E-state index < -0.39 is 0 Å². The Morgan fingerprint density at radius 2 is 1.89 bits per heavy atom. The van der Waals surface area contributed by atoms with E-state index in [0.717, 1.165) is 19.3 Å². The number of hydrogen-bond donors (Lipinski definition) is 2. The van der Waals surface area contributed by atoms with Gasteiger partial charge in [0.05, 0.1) is 0 Å². The molecule has 2 aromatic rings. The molecule has 0 saturated heterocycles. The Hall–Kier alpha value is -1.71. The van der Waals surface area contributed by atoms with Crippen LogP contribution in [-0.4, -0.2) is 11.0 Å². The molecule has 0 bridgehead atoms. The predicted molar refractivity (Wildman–Crippen MR) is 78.6 cm³/mol. The molecule has 0 fully saturated rings. The molecule has 3 heteroatoms. The third-order valence-corrected chi connectivity index (χ3v) is 3.49. The minimum absolute atomic E-state index is 0.294. The van der Waals surface area contributed by atoms with Crippen molar-refractivity contribution in [3.05, 3.63) is 65.5 Å². The normalized spacial score (nSPS) is 12.3. The summed E-state index contributed by atoms with van der Waals surface area (Å²) in [5.41, 5.74) is 6.94. The van der Waals surface area contributed by atoms with E-state index in [9.17, 15) is 0 Å². The molecule has 0 radical (unpaired) electrons. The van der Waals surface area contributed by atoms with E-state index in [0.29, 0.717) is 6.04 Å². The largest absolute Gasteiger partial charge is 0.271 e. The number of rotatable bonds is 6. The highest BCUT2D eigenvalue weighted by atomic mass is 15.2. The zero-order valence-electron chi connectivity index (χ0n) is 11.3. The van der Waals surface area contributed by atoms with Gasteiger partial charge in [-0.1, -0.05) is 24.3 Å². The number of nitrogens with zero attached hydrogens (tertiary/aromatic N) is 1. The number of nitrogens with one attached hydrogen (secondary N) is 1. The van der Waals surface area contributed by atoms with E-state index in [1.54, 1.807) is 0 Å². The number of hydrogen-bond acceptors (Lipinski definition) is 3. The molecule has 0 aliphatic heterocycles. The summed E-state index contributed by atoms with van der Waals surface area (Å²) in [6, 6.07) is 12.9. The van der Waals surface area contributed by atoms with Crippen LogP contribution in [0.3, 0.4) is 0 Å². The summed E-state index contributed by atoms with van der Waals surface area (Å²) in [6.45, 7) is 2.16. The van der Waals surface area contributed by atoms with Crippen molar-refractivity contribution < 1.29 is 0 Å².